The van der Waals surface area contributed by atoms with Crippen LogP contribution >= 0.6 is 0 Å². The van der Waals surface area contributed by atoms with Crippen LogP contribution in [-0.2, 0) is 4.79 Å². The van der Waals surface area contributed by atoms with Crippen LogP contribution in [0.25, 0.3) is 0 Å². The van der Waals surface area contributed by atoms with E-state index in [2.05, 4.69) is 22.8 Å². The first-order valence-electron chi connectivity index (χ1n) is 6.39. The lowest BCUT2D eigenvalue weighted by Gasteiger charge is -2.18. The maximum atomic E-state index is 10.6. The van der Waals surface area contributed by atoms with Gasteiger partial charge in [-0.05, 0) is 50.1 Å². The summed E-state index contributed by atoms with van der Waals surface area (Å²) in [6.07, 6.45) is 8.57. The molecule has 2 N–H and O–H groups in total. The van der Waals surface area contributed by atoms with Crippen molar-refractivity contribution in [3.8, 4) is 0 Å². The minimum absolute atomic E-state index is 0.0678. The number of hydrogen-bond donors (Lipinski definition) is 2. The largest absolute Gasteiger partial charge is 0.356 e. The summed E-state index contributed by atoms with van der Waals surface area (Å²) in [6, 6.07) is 0. The first-order valence-corrected chi connectivity index (χ1v) is 6.39. The van der Waals surface area contributed by atoms with Crippen molar-refractivity contribution in [2.45, 2.75) is 26.2 Å². The molecule has 0 aromatic carbocycles. The van der Waals surface area contributed by atoms with E-state index in [1.807, 2.05) is 0 Å². The minimum Gasteiger partial charge on any atom is -0.356 e. The molecule has 1 fully saturated rings. The van der Waals surface area contributed by atoms with E-state index in [0.717, 1.165) is 43.8 Å². The standard InChI is InChI=1S/C13H22N2O/c1-10(16)15-6-2-5-14-9-13-8-11-3-4-12(13)7-11/h3-4,11-14H,2,5-9H2,1H3,(H,15,16). The Kier molecular flexibility index (Phi) is 3.99. The number of fused-ring (bicyclic) bond motifs is 2. The van der Waals surface area contributed by atoms with Gasteiger partial charge in [0.1, 0.15) is 0 Å². The third kappa shape index (κ3) is 3.08. The Balaban J connectivity index is 1.49. The van der Waals surface area contributed by atoms with E-state index >= 15 is 0 Å². The Morgan fingerprint density at radius 3 is 2.81 bits per heavy atom. The van der Waals surface area contributed by atoms with Crippen molar-refractivity contribution < 1.29 is 4.79 Å². The van der Waals surface area contributed by atoms with Crippen molar-refractivity contribution in [3.63, 3.8) is 0 Å². The van der Waals surface area contributed by atoms with E-state index in [9.17, 15) is 4.79 Å². The second kappa shape index (κ2) is 5.48. The highest BCUT2D eigenvalue weighted by molar-refractivity contribution is 5.72. The number of carbonyl (C=O) groups excluding carboxylic acids is 1. The average molecular weight is 222 g/mol. The van der Waals surface area contributed by atoms with Crippen LogP contribution < -0.4 is 10.6 Å². The molecule has 0 aromatic rings. The lowest BCUT2D eigenvalue weighted by Crippen LogP contribution is -2.29. The molecule has 1 amide bonds. The molecule has 0 aliphatic heterocycles. The molecule has 0 heterocycles. The molecule has 0 spiro atoms. The molecule has 0 aromatic heterocycles. The van der Waals surface area contributed by atoms with Gasteiger partial charge in [0.25, 0.3) is 0 Å². The number of carbonyl (C=O) groups is 1. The highest BCUT2D eigenvalue weighted by Gasteiger charge is 2.34. The Hall–Kier alpha value is -0.830. The number of allylic oxidation sites excluding steroid dienone is 2. The lowest BCUT2D eigenvalue weighted by atomic mass is 9.94. The molecule has 2 aliphatic carbocycles. The molecule has 2 rings (SSSR count). The van der Waals surface area contributed by atoms with Crippen LogP contribution in [0.4, 0.5) is 0 Å². The predicted molar refractivity (Wildman–Crippen MR) is 65.0 cm³/mol. The Morgan fingerprint density at radius 2 is 2.19 bits per heavy atom. The van der Waals surface area contributed by atoms with Crippen LogP contribution in [0.1, 0.15) is 26.2 Å². The van der Waals surface area contributed by atoms with Crippen LogP contribution in [0.2, 0.25) is 0 Å². The molecule has 3 heteroatoms. The molecule has 2 bridgehead atoms. The Labute approximate surface area is 97.7 Å². The second-order valence-corrected chi connectivity index (χ2v) is 5.08. The summed E-state index contributed by atoms with van der Waals surface area (Å²) in [5.41, 5.74) is 0. The van der Waals surface area contributed by atoms with Crippen molar-refractivity contribution in [2.24, 2.45) is 17.8 Å². The Morgan fingerprint density at radius 1 is 1.31 bits per heavy atom. The lowest BCUT2D eigenvalue weighted by molar-refractivity contribution is -0.118. The van der Waals surface area contributed by atoms with Crippen molar-refractivity contribution in [1.82, 2.24) is 10.6 Å². The summed E-state index contributed by atoms with van der Waals surface area (Å²) >= 11 is 0. The summed E-state index contributed by atoms with van der Waals surface area (Å²) in [5, 5.41) is 6.31. The normalized spacial score (nSPS) is 30.9. The fourth-order valence-electron chi connectivity index (χ4n) is 2.89. The van der Waals surface area contributed by atoms with Crippen LogP contribution in [0.15, 0.2) is 12.2 Å². The van der Waals surface area contributed by atoms with Crippen LogP contribution in [0, 0.1) is 17.8 Å². The average Bonchev–Trinajstić information content (AvgIpc) is 2.84. The van der Waals surface area contributed by atoms with Gasteiger partial charge in [-0.1, -0.05) is 12.2 Å². The van der Waals surface area contributed by atoms with Gasteiger partial charge in [0.15, 0.2) is 0 Å². The summed E-state index contributed by atoms with van der Waals surface area (Å²) in [4.78, 5) is 10.6. The minimum atomic E-state index is 0.0678. The van der Waals surface area contributed by atoms with Crippen LogP contribution in [0.3, 0.4) is 0 Å². The van der Waals surface area contributed by atoms with Gasteiger partial charge in [-0.15, -0.1) is 0 Å². The molecular weight excluding hydrogens is 200 g/mol. The second-order valence-electron chi connectivity index (χ2n) is 5.08. The van der Waals surface area contributed by atoms with Gasteiger partial charge in [0.05, 0.1) is 0 Å². The van der Waals surface area contributed by atoms with Gasteiger partial charge in [0.2, 0.25) is 5.91 Å². The molecule has 0 saturated heterocycles. The van der Waals surface area contributed by atoms with Gasteiger partial charge in [-0.25, -0.2) is 0 Å². The van der Waals surface area contributed by atoms with E-state index in [0.29, 0.717) is 0 Å². The van der Waals surface area contributed by atoms with Crippen molar-refractivity contribution >= 4 is 5.91 Å². The zero-order valence-corrected chi connectivity index (χ0v) is 10.0. The third-order valence-corrected chi connectivity index (χ3v) is 3.73. The van der Waals surface area contributed by atoms with Gasteiger partial charge < -0.3 is 10.6 Å². The van der Waals surface area contributed by atoms with E-state index in [-0.39, 0.29) is 5.91 Å². The van der Waals surface area contributed by atoms with Gasteiger partial charge in [0, 0.05) is 13.5 Å². The molecule has 3 nitrogen and oxygen atoms in total. The maximum Gasteiger partial charge on any atom is 0.216 e. The van der Waals surface area contributed by atoms with Gasteiger partial charge >= 0.3 is 0 Å². The fraction of sp³-hybridized carbons (Fsp3) is 0.769. The van der Waals surface area contributed by atoms with Crippen molar-refractivity contribution in [3.05, 3.63) is 12.2 Å². The maximum absolute atomic E-state index is 10.6. The first kappa shape index (κ1) is 11.6. The zero-order chi connectivity index (χ0) is 11.4. The summed E-state index contributed by atoms with van der Waals surface area (Å²) in [6.45, 7) is 4.51. The van der Waals surface area contributed by atoms with Crippen LogP contribution in [0.5, 0.6) is 0 Å². The zero-order valence-electron chi connectivity index (χ0n) is 10.0. The molecular formula is C13H22N2O. The molecule has 2 aliphatic rings. The number of amides is 1. The monoisotopic (exact) mass is 222 g/mol. The van der Waals surface area contributed by atoms with E-state index in [1.54, 1.807) is 6.92 Å². The fourth-order valence-corrected chi connectivity index (χ4v) is 2.89. The van der Waals surface area contributed by atoms with Crippen molar-refractivity contribution in [2.75, 3.05) is 19.6 Å². The number of nitrogens with one attached hydrogen (secondary N) is 2. The van der Waals surface area contributed by atoms with Gasteiger partial charge in [-0.2, -0.15) is 0 Å². The van der Waals surface area contributed by atoms with Gasteiger partial charge in [-0.3, -0.25) is 4.79 Å². The van der Waals surface area contributed by atoms with E-state index < -0.39 is 0 Å². The van der Waals surface area contributed by atoms with Crippen molar-refractivity contribution in [1.29, 1.82) is 0 Å². The SMILES string of the molecule is CC(=O)NCCCNCC1CC2C=CC1C2. The highest BCUT2D eigenvalue weighted by Crippen LogP contribution is 2.42. The van der Waals surface area contributed by atoms with E-state index in [4.69, 9.17) is 0 Å². The predicted octanol–water partition coefficient (Wildman–Crippen LogP) is 1.31. The smallest absolute Gasteiger partial charge is 0.216 e. The third-order valence-electron chi connectivity index (χ3n) is 3.73. The molecule has 90 valence electrons. The molecule has 1 saturated carbocycles. The van der Waals surface area contributed by atoms with E-state index in [1.165, 1.54) is 12.8 Å². The summed E-state index contributed by atoms with van der Waals surface area (Å²) in [7, 11) is 0. The summed E-state index contributed by atoms with van der Waals surface area (Å²) < 4.78 is 0. The molecule has 3 atom stereocenters. The highest BCUT2D eigenvalue weighted by atomic mass is 16.1. The molecule has 16 heavy (non-hydrogen) atoms. The quantitative estimate of drug-likeness (QED) is 0.525. The molecule has 3 unspecified atom stereocenters. The number of rotatable bonds is 6. The molecule has 0 radical (unpaired) electrons. The van der Waals surface area contributed by atoms with Crippen LogP contribution in [-0.4, -0.2) is 25.5 Å². The topological polar surface area (TPSA) is 41.1 Å². The summed E-state index contributed by atoms with van der Waals surface area (Å²) in [5.74, 6) is 2.64. The first-order chi connectivity index (χ1) is 7.75. The Bertz CT molecular complexity index is 275. The number of hydrogen-bond acceptors (Lipinski definition) is 2.